The number of rotatable bonds is 7. The number of aryl methyl sites for hydroxylation is 2. The normalized spacial score (nSPS) is 11.9. The van der Waals surface area contributed by atoms with Crippen LogP contribution in [-0.4, -0.2) is 31.8 Å². The van der Waals surface area contributed by atoms with Crippen LogP contribution >= 0.6 is 11.3 Å². The molecule has 0 aliphatic heterocycles. The monoisotopic (exact) mass is 541 g/mol. The molecule has 1 amide bonds. The highest BCUT2D eigenvalue weighted by Crippen LogP contribution is 2.34. The Kier molecular flexibility index (Phi) is 8.18. The van der Waals surface area contributed by atoms with E-state index in [1.807, 2.05) is 44.2 Å². The van der Waals surface area contributed by atoms with Gasteiger partial charge in [0.2, 0.25) is 0 Å². The minimum Gasteiger partial charge on any atom is -0.496 e. The van der Waals surface area contributed by atoms with E-state index in [9.17, 15) is 14.9 Å². The van der Waals surface area contributed by atoms with Crippen molar-refractivity contribution in [1.82, 2.24) is 4.57 Å². The first-order valence-corrected chi connectivity index (χ1v) is 12.7. The van der Waals surface area contributed by atoms with Gasteiger partial charge >= 0.3 is 0 Å². The number of hydrogen-bond acceptors (Lipinski definition) is 7. The standard InChI is InChI=1S/C30H27N3O5S/c1-18-9-11-22(12-10-18)33-29(35)27(15-20-14-25(37-4)26(38-5)16-24(20)36-3)39-30(33)23(17-31)28(34)32-21-8-6-7-19(2)13-21/h6-16H,1-5H3,(H,32,34)/b27-15+,30-23-. The van der Waals surface area contributed by atoms with Crippen molar-refractivity contribution < 1.29 is 19.0 Å². The number of nitriles is 1. The second-order valence-corrected chi connectivity index (χ2v) is 9.68. The molecule has 0 fully saturated rings. The molecule has 1 aromatic heterocycles. The number of carbonyl (C=O) groups is 1. The van der Waals surface area contributed by atoms with Crippen molar-refractivity contribution in [3.8, 4) is 29.0 Å². The minimum atomic E-state index is -0.611. The van der Waals surface area contributed by atoms with Gasteiger partial charge in [0.05, 0.1) is 31.5 Å². The molecule has 39 heavy (non-hydrogen) atoms. The molecule has 1 N–H and O–H groups in total. The van der Waals surface area contributed by atoms with Gasteiger partial charge in [-0.15, -0.1) is 11.3 Å². The number of benzene rings is 3. The SMILES string of the molecule is COc1cc(OC)c(OC)cc1/C=c1/s/c(=C(/C#N)C(=O)Nc2cccc(C)c2)n(-c2ccc(C)cc2)c1=O. The third kappa shape index (κ3) is 5.71. The summed E-state index contributed by atoms with van der Waals surface area (Å²) >= 11 is 1.04. The molecule has 3 aromatic carbocycles. The van der Waals surface area contributed by atoms with Gasteiger partial charge in [-0.2, -0.15) is 5.26 Å². The third-order valence-electron chi connectivity index (χ3n) is 5.97. The topological polar surface area (TPSA) is 103 Å². The zero-order valence-corrected chi connectivity index (χ0v) is 23.0. The third-order valence-corrected chi connectivity index (χ3v) is 7.06. The molecule has 0 saturated heterocycles. The summed E-state index contributed by atoms with van der Waals surface area (Å²) in [6.45, 7) is 3.84. The lowest BCUT2D eigenvalue weighted by atomic mass is 10.1. The van der Waals surface area contributed by atoms with Gasteiger partial charge in [-0.3, -0.25) is 14.2 Å². The maximum atomic E-state index is 13.8. The minimum absolute atomic E-state index is 0.182. The molecule has 0 aliphatic rings. The van der Waals surface area contributed by atoms with Crippen molar-refractivity contribution in [1.29, 1.82) is 5.26 Å². The lowest BCUT2D eigenvalue weighted by Crippen LogP contribution is -2.32. The van der Waals surface area contributed by atoms with Crippen LogP contribution in [0.25, 0.3) is 17.3 Å². The van der Waals surface area contributed by atoms with E-state index >= 15 is 0 Å². The summed E-state index contributed by atoms with van der Waals surface area (Å²) in [5.41, 5.74) is 3.05. The van der Waals surface area contributed by atoms with E-state index in [2.05, 4.69) is 5.32 Å². The van der Waals surface area contributed by atoms with Gasteiger partial charge in [-0.25, -0.2) is 0 Å². The molecule has 0 aliphatic carbocycles. The first-order chi connectivity index (χ1) is 18.8. The molecule has 9 heteroatoms. The maximum Gasteiger partial charge on any atom is 0.273 e. The number of thiazole rings is 1. The summed E-state index contributed by atoms with van der Waals surface area (Å²) in [6.07, 6.45) is 1.65. The zero-order chi connectivity index (χ0) is 28.1. The molecule has 0 unspecified atom stereocenters. The lowest BCUT2D eigenvalue weighted by molar-refractivity contribution is -0.111. The van der Waals surface area contributed by atoms with E-state index in [0.717, 1.165) is 22.5 Å². The molecular formula is C30H27N3O5S. The average molecular weight is 542 g/mol. The largest absolute Gasteiger partial charge is 0.496 e. The summed E-state index contributed by atoms with van der Waals surface area (Å²) in [4.78, 5) is 27.1. The predicted molar refractivity (Wildman–Crippen MR) is 152 cm³/mol. The molecule has 0 bridgehead atoms. The van der Waals surface area contributed by atoms with E-state index in [1.54, 1.807) is 42.5 Å². The Labute approximate surface area is 229 Å². The van der Waals surface area contributed by atoms with E-state index in [1.165, 1.54) is 25.9 Å². The summed E-state index contributed by atoms with van der Waals surface area (Å²) in [5.74, 6) is 0.788. The Morgan fingerprint density at radius 3 is 2.21 bits per heavy atom. The van der Waals surface area contributed by atoms with Gasteiger partial charge in [-0.05, 0) is 55.8 Å². The van der Waals surface area contributed by atoms with Gasteiger partial charge in [0.15, 0.2) is 17.1 Å². The number of nitrogens with one attached hydrogen (secondary N) is 1. The molecule has 4 aromatic rings. The van der Waals surface area contributed by atoms with E-state index in [0.29, 0.717) is 38.7 Å². The fraction of sp³-hybridized carbons (Fsp3) is 0.167. The number of amides is 1. The summed E-state index contributed by atoms with van der Waals surface area (Å²) in [6, 6.07) is 19.9. The van der Waals surface area contributed by atoms with Crippen molar-refractivity contribution in [2.75, 3.05) is 26.6 Å². The number of methoxy groups -OCH3 is 3. The maximum absolute atomic E-state index is 13.8. The Bertz CT molecular complexity index is 1760. The Morgan fingerprint density at radius 2 is 1.59 bits per heavy atom. The fourth-order valence-corrected chi connectivity index (χ4v) is 5.09. The number of aromatic nitrogens is 1. The van der Waals surface area contributed by atoms with Crippen molar-refractivity contribution in [2.45, 2.75) is 13.8 Å². The van der Waals surface area contributed by atoms with Crippen LogP contribution < -0.4 is 34.3 Å². The summed E-state index contributed by atoms with van der Waals surface area (Å²) in [7, 11) is 4.55. The van der Waals surface area contributed by atoms with Crippen LogP contribution in [0.4, 0.5) is 5.69 Å². The molecule has 0 saturated carbocycles. The second kappa shape index (κ2) is 11.7. The molecular weight excluding hydrogens is 514 g/mol. The molecule has 4 rings (SSSR count). The van der Waals surface area contributed by atoms with Crippen molar-refractivity contribution in [3.05, 3.63) is 96.9 Å². The lowest BCUT2D eigenvalue weighted by Gasteiger charge is -2.11. The number of anilines is 1. The van der Waals surface area contributed by atoms with Crippen LogP contribution in [-0.2, 0) is 4.79 Å². The van der Waals surface area contributed by atoms with Crippen molar-refractivity contribution >= 4 is 34.6 Å². The second-order valence-electron chi connectivity index (χ2n) is 8.65. The smallest absolute Gasteiger partial charge is 0.273 e. The zero-order valence-electron chi connectivity index (χ0n) is 22.2. The highest BCUT2D eigenvalue weighted by atomic mass is 32.1. The average Bonchev–Trinajstić information content (AvgIpc) is 3.24. The summed E-state index contributed by atoms with van der Waals surface area (Å²) < 4.78 is 18.2. The van der Waals surface area contributed by atoms with Gasteiger partial charge in [-0.1, -0.05) is 29.8 Å². The van der Waals surface area contributed by atoms with Gasteiger partial charge in [0.1, 0.15) is 16.5 Å². The van der Waals surface area contributed by atoms with Crippen LogP contribution in [0, 0.1) is 25.2 Å². The quantitative estimate of drug-likeness (QED) is 0.383. The molecule has 0 radical (unpaired) electrons. The first-order valence-electron chi connectivity index (χ1n) is 11.9. The number of ether oxygens (including phenoxy) is 3. The Balaban J connectivity index is 2.00. The van der Waals surface area contributed by atoms with Crippen LogP contribution in [0.1, 0.15) is 16.7 Å². The molecule has 1 heterocycles. The van der Waals surface area contributed by atoms with Crippen LogP contribution in [0.2, 0.25) is 0 Å². The fourth-order valence-electron chi connectivity index (χ4n) is 4.00. The van der Waals surface area contributed by atoms with Crippen LogP contribution in [0.15, 0.2) is 65.5 Å². The molecule has 8 nitrogen and oxygen atoms in total. The number of hydrogen-bond donors (Lipinski definition) is 1. The van der Waals surface area contributed by atoms with Crippen LogP contribution in [0.3, 0.4) is 0 Å². The number of carbonyl (C=O) groups excluding carboxylic acids is 1. The summed E-state index contributed by atoms with van der Waals surface area (Å²) in [5, 5.41) is 12.9. The highest BCUT2D eigenvalue weighted by Gasteiger charge is 2.18. The molecule has 198 valence electrons. The van der Waals surface area contributed by atoms with Crippen LogP contribution in [0.5, 0.6) is 17.2 Å². The Hall–Kier alpha value is -4.81. The van der Waals surface area contributed by atoms with Gasteiger partial charge < -0.3 is 19.5 Å². The number of nitrogens with zero attached hydrogens (tertiary/aromatic N) is 2. The van der Waals surface area contributed by atoms with Crippen molar-refractivity contribution in [3.63, 3.8) is 0 Å². The molecule has 0 spiro atoms. The van der Waals surface area contributed by atoms with Gasteiger partial charge in [0, 0.05) is 17.3 Å². The first kappa shape index (κ1) is 27.2. The van der Waals surface area contributed by atoms with E-state index < -0.39 is 5.91 Å². The Morgan fingerprint density at radius 1 is 0.923 bits per heavy atom. The molecule has 0 atom stereocenters. The van der Waals surface area contributed by atoms with Gasteiger partial charge in [0.25, 0.3) is 11.5 Å². The van der Waals surface area contributed by atoms with E-state index in [4.69, 9.17) is 14.2 Å². The van der Waals surface area contributed by atoms with E-state index in [-0.39, 0.29) is 15.8 Å². The highest BCUT2D eigenvalue weighted by molar-refractivity contribution is 7.07. The van der Waals surface area contributed by atoms with Crippen molar-refractivity contribution in [2.24, 2.45) is 0 Å². The predicted octanol–water partition coefficient (Wildman–Crippen LogP) is 3.68.